The fourth-order valence-corrected chi connectivity index (χ4v) is 1.67. The van der Waals surface area contributed by atoms with E-state index >= 15 is 0 Å². The summed E-state index contributed by atoms with van der Waals surface area (Å²) in [6.45, 7) is 4.97. The van der Waals surface area contributed by atoms with Gasteiger partial charge in [0.25, 0.3) is 5.91 Å². The van der Waals surface area contributed by atoms with Crippen molar-refractivity contribution in [3.05, 3.63) is 29.8 Å². The number of nitrogens with two attached hydrogens (primary N) is 2. The van der Waals surface area contributed by atoms with Gasteiger partial charge in [0.05, 0.1) is 0 Å². The van der Waals surface area contributed by atoms with Crippen molar-refractivity contribution in [2.75, 3.05) is 5.73 Å². The molecule has 7 heteroatoms. The highest BCUT2D eigenvalue weighted by molar-refractivity contribution is 6.07. The number of hydroxylamine groups is 1. The number of rotatable bonds is 4. The molecular formula is C14H21N3O4. The minimum atomic E-state index is -2.03. The molecular weight excluding hydrogens is 274 g/mol. The summed E-state index contributed by atoms with van der Waals surface area (Å²) in [5.74, 6) is -1.95. The van der Waals surface area contributed by atoms with Gasteiger partial charge in [-0.05, 0) is 38.5 Å². The van der Waals surface area contributed by atoms with Crippen molar-refractivity contribution in [1.29, 1.82) is 0 Å². The summed E-state index contributed by atoms with van der Waals surface area (Å²) < 4.78 is 5.16. The van der Waals surface area contributed by atoms with E-state index in [-0.39, 0.29) is 6.42 Å². The van der Waals surface area contributed by atoms with Crippen LogP contribution in [0.5, 0.6) is 0 Å². The maximum Gasteiger partial charge on any atom is 0.336 e. The highest BCUT2D eigenvalue weighted by Gasteiger charge is 2.45. The summed E-state index contributed by atoms with van der Waals surface area (Å²) in [4.78, 5) is 24.0. The van der Waals surface area contributed by atoms with E-state index in [1.807, 2.05) is 0 Å². The van der Waals surface area contributed by atoms with Crippen LogP contribution < -0.4 is 16.9 Å². The van der Waals surface area contributed by atoms with E-state index in [0.29, 0.717) is 11.3 Å². The molecule has 7 nitrogen and oxygen atoms in total. The van der Waals surface area contributed by atoms with Gasteiger partial charge in [-0.25, -0.2) is 10.3 Å². The van der Waals surface area contributed by atoms with Crippen molar-refractivity contribution in [3.63, 3.8) is 0 Å². The number of ether oxygens (including phenoxy) is 1. The van der Waals surface area contributed by atoms with Crippen molar-refractivity contribution in [1.82, 2.24) is 5.48 Å². The molecule has 0 aromatic heterocycles. The largest absolute Gasteiger partial charge is 0.458 e. The SMILES string of the molecule is CC(C)(C)OC(=O)[C@](N)(Cc1ccc(N)cc1)C(=O)NO. The molecule has 0 bridgehead atoms. The highest BCUT2D eigenvalue weighted by Crippen LogP contribution is 2.18. The number of hydrogen-bond donors (Lipinski definition) is 4. The third-order valence-corrected chi connectivity index (χ3v) is 2.73. The predicted octanol–water partition coefficient (Wildman–Crippen LogP) is 0.356. The van der Waals surface area contributed by atoms with Gasteiger partial charge in [0.2, 0.25) is 0 Å². The molecule has 0 fully saturated rings. The summed E-state index contributed by atoms with van der Waals surface area (Å²) >= 11 is 0. The fourth-order valence-electron chi connectivity index (χ4n) is 1.67. The molecule has 1 aromatic rings. The summed E-state index contributed by atoms with van der Waals surface area (Å²) in [5.41, 5.74) is 11.2. The normalized spacial score (nSPS) is 14.1. The van der Waals surface area contributed by atoms with Gasteiger partial charge in [0, 0.05) is 12.1 Å². The standard InChI is InChI=1S/C14H21N3O4/c1-13(2,3)21-12(19)14(16,11(18)17-20)8-9-4-6-10(15)7-5-9/h4-7,20H,8,15-16H2,1-3H3,(H,17,18)/t14-/m0/s1. The second kappa shape index (κ2) is 6.11. The fraction of sp³-hybridized carbons (Fsp3) is 0.429. The number of benzene rings is 1. The number of nitrogens with one attached hydrogen (secondary N) is 1. The molecule has 0 unspecified atom stereocenters. The van der Waals surface area contributed by atoms with Crippen LogP contribution in [0.3, 0.4) is 0 Å². The molecule has 0 aliphatic rings. The zero-order valence-corrected chi connectivity index (χ0v) is 12.3. The number of hydrogen-bond acceptors (Lipinski definition) is 6. The second-order valence-corrected chi connectivity index (χ2v) is 5.83. The Hall–Kier alpha value is -2.12. The first-order valence-electron chi connectivity index (χ1n) is 6.40. The van der Waals surface area contributed by atoms with Crippen LogP contribution >= 0.6 is 0 Å². The maximum atomic E-state index is 12.2. The van der Waals surface area contributed by atoms with Crippen molar-refractivity contribution in [2.45, 2.75) is 38.3 Å². The van der Waals surface area contributed by atoms with E-state index in [1.54, 1.807) is 45.0 Å². The quantitative estimate of drug-likeness (QED) is 0.209. The van der Waals surface area contributed by atoms with E-state index in [1.165, 1.54) is 5.48 Å². The van der Waals surface area contributed by atoms with Crippen molar-refractivity contribution < 1.29 is 19.5 Å². The van der Waals surface area contributed by atoms with E-state index in [4.69, 9.17) is 21.4 Å². The Morgan fingerprint density at radius 3 is 2.19 bits per heavy atom. The zero-order chi connectivity index (χ0) is 16.3. The van der Waals surface area contributed by atoms with Gasteiger partial charge in [-0.2, -0.15) is 0 Å². The van der Waals surface area contributed by atoms with Crippen LogP contribution in [0.4, 0.5) is 5.69 Å². The molecule has 0 aliphatic carbocycles. The van der Waals surface area contributed by atoms with Crippen LogP contribution in [0.25, 0.3) is 0 Å². The Morgan fingerprint density at radius 2 is 1.76 bits per heavy atom. The van der Waals surface area contributed by atoms with Crippen molar-refractivity contribution in [3.8, 4) is 0 Å². The number of amides is 1. The van der Waals surface area contributed by atoms with Crippen LogP contribution in [0.2, 0.25) is 0 Å². The van der Waals surface area contributed by atoms with Crippen molar-refractivity contribution >= 4 is 17.6 Å². The van der Waals surface area contributed by atoms with E-state index < -0.39 is 23.0 Å². The molecule has 1 aromatic carbocycles. The lowest BCUT2D eigenvalue weighted by atomic mass is 9.90. The minimum absolute atomic E-state index is 0.130. The average molecular weight is 295 g/mol. The monoisotopic (exact) mass is 295 g/mol. The molecule has 1 rings (SSSR count). The molecule has 0 saturated heterocycles. The summed E-state index contributed by atoms with van der Waals surface area (Å²) in [6, 6.07) is 6.54. The lowest BCUT2D eigenvalue weighted by Crippen LogP contribution is -2.62. The highest BCUT2D eigenvalue weighted by atomic mass is 16.6. The predicted molar refractivity (Wildman–Crippen MR) is 77.3 cm³/mol. The van der Waals surface area contributed by atoms with Gasteiger partial charge in [-0.15, -0.1) is 0 Å². The van der Waals surface area contributed by atoms with Gasteiger partial charge in [0.1, 0.15) is 5.60 Å². The maximum absolute atomic E-state index is 12.2. The number of esters is 1. The molecule has 0 radical (unpaired) electrons. The Labute approximate surface area is 123 Å². The molecule has 1 amide bonds. The first-order valence-corrected chi connectivity index (χ1v) is 6.40. The van der Waals surface area contributed by atoms with E-state index in [9.17, 15) is 9.59 Å². The summed E-state index contributed by atoms with van der Waals surface area (Å²) in [5, 5.41) is 8.83. The van der Waals surface area contributed by atoms with Gasteiger partial charge >= 0.3 is 5.97 Å². The molecule has 0 heterocycles. The van der Waals surface area contributed by atoms with Crippen molar-refractivity contribution in [2.24, 2.45) is 5.73 Å². The van der Waals surface area contributed by atoms with E-state index in [2.05, 4.69) is 0 Å². The number of anilines is 1. The van der Waals surface area contributed by atoms with E-state index in [0.717, 1.165) is 0 Å². The van der Waals surface area contributed by atoms with Gasteiger partial charge in [-0.1, -0.05) is 12.1 Å². The van der Waals surface area contributed by atoms with Crippen LogP contribution in [-0.4, -0.2) is 28.2 Å². The van der Waals surface area contributed by atoms with Crippen LogP contribution in [0, 0.1) is 0 Å². The Balaban J connectivity index is 3.06. The topological polar surface area (TPSA) is 128 Å². The van der Waals surface area contributed by atoms with Crippen LogP contribution in [0.15, 0.2) is 24.3 Å². The first-order chi connectivity index (χ1) is 9.58. The second-order valence-electron chi connectivity index (χ2n) is 5.83. The van der Waals surface area contributed by atoms with Gasteiger partial charge in [0.15, 0.2) is 5.54 Å². The summed E-state index contributed by atoms with van der Waals surface area (Å²) in [7, 11) is 0. The first kappa shape index (κ1) is 16.9. The molecule has 0 spiro atoms. The number of carbonyl (C=O) groups excluding carboxylic acids is 2. The van der Waals surface area contributed by atoms with Gasteiger partial charge in [-0.3, -0.25) is 10.0 Å². The van der Waals surface area contributed by atoms with Crippen LogP contribution in [-0.2, 0) is 20.7 Å². The van der Waals surface area contributed by atoms with Gasteiger partial charge < -0.3 is 16.2 Å². The lowest BCUT2D eigenvalue weighted by molar-refractivity contribution is -0.166. The molecule has 0 saturated carbocycles. The molecule has 116 valence electrons. The Bertz CT molecular complexity index is 522. The molecule has 1 atom stereocenters. The number of nitrogen functional groups attached to an aromatic ring is 1. The summed E-state index contributed by atoms with van der Waals surface area (Å²) in [6.07, 6.45) is -0.130. The third kappa shape index (κ3) is 4.44. The molecule has 6 N–H and O–H groups in total. The van der Waals surface area contributed by atoms with Crippen LogP contribution in [0.1, 0.15) is 26.3 Å². The average Bonchev–Trinajstić information content (AvgIpc) is 2.38. The Kier molecular flexibility index (Phi) is 4.93. The lowest BCUT2D eigenvalue weighted by Gasteiger charge is -2.29. The molecule has 21 heavy (non-hydrogen) atoms. The molecule has 0 aliphatic heterocycles. The smallest absolute Gasteiger partial charge is 0.336 e. The minimum Gasteiger partial charge on any atom is -0.458 e. The third-order valence-electron chi connectivity index (χ3n) is 2.73. The zero-order valence-electron chi connectivity index (χ0n) is 12.3. The Morgan fingerprint density at radius 1 is 1.24 bits per heavy atom. The number of carbonyl (C=O) groups is 2.